The van der Waals surface area contributed by atoms with E-state index in [0.717, 1.165) is 23.1 Å². The van der Waals surface area contributed by atoms with Crippen molar-refractivity contribution in [2.45, 2.75) is 31.3 Å². The molecular weight excluding hydrogens is 332 g/mol. The van der Waals surface area contributed by atoms with E-state index in [0.29, 0.717) is 11.1 Å². The number of benzene rings is 1. The second kappa shape index (κ2) is 6.46. The normalized spacial score (nSPS) is 17.0. The van der Waals surface area contributed by atoms with Crippen LogP contribution in [0.15, 0.2) is 22.7 Å². The summed E-state index contributed by atoms with van der Waals surface area (Å²) in [4.78, 5) is 15.6. The molecule has 0 bridgehead atoms. The zero-order valence-corrected chi connectivity index (χ0v) is 14.5. The van der Waals surface area contributed by atoms with Gasteiger partial charge >= 0.3 is 5.97 Å². The van der Waals surface area contributed by atoms with Crippen molar-refractivity contribution in [1.29, 1.82) is 0 Å². The largest absolute Gasteiger partial charge is 0.478 e. The number of carboxylic acids is 1. The van der Waals surface area contributed by atoms with Gasteiger partial charge in [-0.15, -0.1) is 0 Å². The molecule has 0 aliphatic heterocycles. The van der Waals surface area contributed by atoms with Gasteiger partial charge < -0.3 is 14.9 Å². The first-order valence-electron chi connectivity index (χ1n) is 7.22. The minimum atomic E-state index is -0.892. The number of halogens is 1. The number of aromatic carboxylic acids is 1. The van der Waals surface area contributed by atoms with Gasteiger partial charge in [-0.25, -0.2) is 4.79 Å². The van der Waals surface area contributed by atoms with Gasteiger partial charge in [-0.3, -0.25) is 0 Å². The number of nitrogens with zero attached hydrogens (tertiary/aromatic N) is 2. The van der Waals surface area contributed by atoms with Crippen molar-refractivity contribution >= 4 is 21.9 Å². The summed E-state index contributed by atoms with van der Waals surface area (Å²) in [5.41, 5.74) is 1.75. The maximum Gasteiger partial charge on any atom is 0.335 e. The van der Waals surface area contributed by atoms with Crippen LogP contribution >= 0.6 is 15.9 Å². The average molecular weight is 355 g/mol. The van der Waals surface area contributed by atoms with Crippen LogP contribution in [0.25, 0.3) is 0 Å². The summed E-state index contributed by atoms with van der Waals surface area (Å²) in [5, 5.41) is 9.00. The van der Waals surface area contributed by atoms with Crippen molar-refractivity contribution in [2.24, 2.45) is 0 Å². The zero-order valence-electron chi connectivity index (χ0n) is 12.9. The fourth-order valence-electron chi connectivity index (χ4n) is 2.99. The van der Waals surface area contributed by atoms with Crippen LogP contribution in [0.2, 0.25) is 0 Å². The Morgan fingerprint density at radius 2 is 2.00 bits per heavy atom. The van der Waals surface area contributed by atoms with Gasteiger partial charge in [0.2, 0.25) is 0 Å². The van der Waals surface area contributed by atoms with Crippen LogP contribution in [0.3, 0.4) is 0 Å². The van der Waals surface area contributed by atoms with Gasteiger partial charge in [-0.1, -0.05) is 22.0 Å². The number of hydrogen-bond donors (Lipinski definition) is 1. The first kappa shape index (κ1) is 16.5. The highest BCUT2D eigenvalue weighted by Gasteiger charge is 2.39. The summed E-state index contributed by atoms with van der Waals surface area (Å²) < 4.78 is 0.863. The highest BCUT2D eigenvalue weighted by Crippen LogP contribution is 2.37. The Hall–Kier alpha value is -0.910. The lowest BCUT2D eigenvalue weighted by atomic mass is 9.75. The highest BCUT2D eigenvalue weighted by atomic mass is 79.9. The molecule has 1 saturated carbocycles. The van der Waals surface area contributed by atoms with Gasteiger partial charge in [0.15, 0.2) is 0 Å². The molecule has 2 rings (SSSR count). The molecule has 21 heavy (non-hydrogen) atoms. The molecule has 0 amide bonds. The Kier molecular flexibility index (Phi) is 5.07. The van der Waals surface area contributed by atoms with Crippen LogP contribution in [0.5, 0.6) is 0 Å². The molecule has 4 nitrogen and oxygen atoms in total. The molecule has 1 aromatic rings. The van der Waals surface area contributed by atoms with Crippen LogP contribution < -0.4 is 0 Å². The smallest absolute Gasteiger partial charge is 0.335 e. The summed E-state index contributed by atoms with van der Waals surface area (Å²) in [7, 11) is 6.44. The average Bonchev–Trinajstić information content (AvgIpc) is 2.35. The molecule has 0 spiro atoms. The quantitative estimate of drug-likeness (QED) is 0.852. The molecule has 5 heteroatoms. The van der Waals surface area contributed by atoms with Gasteiger partial charge in [0.25, 0.3) is 0 Å². The second-order valence-electron chi connectivity index (χ2n) is 6.26. The predicted octanol–water partition coefficient (Wildman–Crippen LogP) is 3.06. The molecule has 1 N–H and O–H groups in total. The van der Waals surface area contributed by atoms with E-state index >= 15 is 0 Å². The monoisotopic (exact) mass is 354 g/mol. The number of hydrogen-bond acceptors (Lipinski definition) is 3. The molecule has 116 valence electrons. The molecule has 1 aromatic carbocycles. The van der Waals surface area contributed by atoms with E-state index in [9.17, 15) is 4.79 Å². The van der Waals surface area contributed by atoms with Gasteiger partial charge in [-0.2, -0.15) is 0 Å². The van der Waals surface area contributed by atoms with Gasteiger partial charge in [0.05, 0.1) is 5.56 Å². The van der Waals surface area contributed by atoms with E-state index in [1.54, 1.807) is 12.1 Å². The van der Waals surface area contributed by atoms with Crippen molar-refractivity contribution in [2.75, 3.05) is 27.7 Å². The Bertz CT molecular complexity index is 527. The molecular formula is C16H23BrN2O2. The van der Waals surface area contributed by atoms with Crippen molar-refractivity contribution in [3.05, 3.63) is 33.8 Å². The van der Waals surface area contributed by atoms with Crippen LogP contribution in [-0.2, 0) is 6.54 Å². The summed E-state index contributed by atoms with van der Waals surface area (Å²) in [6.07, 6.45) is 3.82. The van der Waals surface area contributed by atoms with E-state index in [-0.39, 0.29) is 0 Å². The molecule has 1 aliphatic carbocycles. The third-order valence-corrected chi connectivity index (χ3v) is 5.28. The fourth-order valence-corrected chi connectivity index (χ4v) is 3.49. The fraction of sp³-hybridized carbons (Fsp3) is 0.562. The minimum absolute atomic E-state index is 0.308. The first-order chi connectivity index (χ1) is 9.84. The summed E-state index contributed by atoms with van der Waals surface area (Å²) in [6.45, 7) is 1.85. The number of rotatable bonds is 6. The minimum Gasteiger partial charge on any atom is -0.478 e. The van der Waals surface area contributed by atoms with Crippen molar-refractivity contribution in [3.63, 3.8) is 0 Å². The lowest BCUT2D eigenvalue weighted by molar-refractivity contribution is 0.0258. The Morgan fingerprint density at radius 1 is 1.33 bits per heavy atom. The zero-order chi connectivity index (χ0) is 15.6. The lowest BCUT2D eigenvalue weighted by Gasteiger charge is -2.49. The predicted molar refractivity (Wildman–Crippen MR) is 87.7 cm³/mol. The third-order valence-electron chi connectivity index (χ3n) is 4.54. The molecule has 1 aliphatic rings. The van der Waals surface area contributed by atoms with Crippen molar-refractivity contribution < 1.29 is 9.90 Å². The van der Waals surface area contributed by atoms with E-state index in [2.05, 4.69) is 46.9 Å². The lowest BCUT2D eigenvalue weighted by Crippen LogP contribution is -2.56. The van der Waals surface area contributed by atoms with Gasteiger partial charge in [0.1, 0.15) is 0 Å². The summed E-state index contributed by atoms with van der Waals surface area (Å²) in [5.74, 6) is -0.892. The molecule has 0 radical (unpaired) electrons. The van der Waals surface area contributed by atoms with E-state index < -0.39 is 5.97 Å². The van der Waals surface area contributed by atoms with Crippen molar-refractivity contribution in [1.82, 2.24) is 9.80 Å². The van der Waals surface area contributed by atoms with Crippen LogP contribution in [-0.4, -0.2) is 54.1 Å². The van der Waals surface area contributed by atoms with Crippen LogP contribution in [0.4, 0.5) is 0 Å². The first-order valence-corrected chi connectivity index (χ1v) is 8.01. The second-order valence-corrected chi connectivity index (χ2v) is 7.11. The van der Waals surface area contributed by atoms with Crippen molar-refractivity contribution in [3.8, 4) is 0 Å². The summed E-state index contributed by atoms with van der Waals surface area (Å²) >= 11 is 3.48. The number of likely N-dealkylation sites (N-methyl/N-ethyl adjacent to an activating group) is 2. The number of carbonyl (C=O) groups is 1. The van der Waals surface area contributed by atoms with E-state index in [1.807, 2.05) is 6.07 Å². The Balaban J connectivity index is 2.03. The number of carboxylic acid groups (broad SMARTS) is 1. The maximum absolute atomic E-state index is 11.0. The molecule has 0 atom stereocenters. The van der Waals surface area contributed by atoms with E-state index in [1.165, 1.54) is 19.3 Å². The van der Waals surface area contributed by atoms with Gasteiger partial charge in [-0.05, 0) is 58.1 Å². The Labute approximate surface area is 134 Å². The van der Waals surface area contributed by atoms with Gasteiger partial charge in [0, 0.05) is 23.1 Å². The SMILES string of the molecule is CN(Cc1ccc(C(=O)O)cc1Br)CC1(N(C)C)CCC1. The maximum atomic E-state index is 11.0. The topological polar surface area (TPSA) is 43.8 Å². The molecule has 0 heterocycles. The molecule has 1 fully saturated rings. The van der Waals surface area contributed by atoms with Crippen LogP contribution in [0.1, 0.15) is 35.2 Å². The standard InChI is InChI=1S/C16H23BrN2O2/c1-18(2)16(7-4-8-16)11-19(3)10-13-6-5-12(15(20)21)9-14(13)17/h5-6,9H,4,7-8,10-11H2,1-3H3,(H,20,21). The summed E-state index contributed by atoms with van der Waals surface area (Å²) in [6, 6.07) is 5.24. The van der Waals surface area contributed by atoms with E-state index in [4.69, 9.17) is 5.11 Å². The highest BCUT2D eigenvalue weighted by molar-refractivity contribution is 9.10. The molecule has 0 aromatic heterocycles. The molecule has 0 saturated heterocycles. The van der Waals surface area contributed by atoms with Crippen LogP contribution in [0, 0.1) is 0 Å². The Morgan fingerprint density at radius 3 is 2.43 bits per heavy atom. The third kappa shape index (κ3) is 3.65. The molecule has 0 unspecified atom stereocenters.